The number of rotatable bonds is 6. The van der Waals surface area contributed by atoms with E-state index in [1.54, 1.807) is 48.6 Å². The van der Waals surface area contributed by atoms with Crippen LogP contribution in [0.4, 0.5) is 4.39 Å². The van der Waals surface area contributed by atoms with Gasteiger partial charge in [-0.3, -0.25) is 4.79 Å². The molecule has 0 spiro atoms. The first-order chi connectivity index (χ1) is 11.1. The number of methoxy groups -OCH3 is 1. The van der Waals surface area contributed by atoms with Crippen molar-refractivity contribution in [2.24, 2.45) is 0 Å². The number of hydrogen-bond acceptors (Lipinski definition) is 3. The summed E-state index contributed by atoms with van der Waals surface area (Å²) in [5.74, 6) is 0.224. The van der Waals surface area contributed by atoms with E-state index in [0.717, 1.165) is 11.1 Å². The predicted octanol–water partition coefficient (Wildman–Crippen LogP) is 4.17. The van der Waals surface area contributed by atoms with Gasteiger partial charge in [0.05, 0.1) is 7.11 Å². The molecule has 1 N–H and O–H groups in total. The molecule has 3 nitrogen and oxygen atoms in total. The summed E-state index contributed by atoms with van der Waals surface area (Å²) in [6.45, 7) is -0.498. The Morgan fingerprint density at radius 3 is 2.30 bits per heavy atom. The lowest BCUT2D eigenvalue weighted by atomic mass is 10.1. The number of hydrogen-bond donors (Lipinski definition) is 1. The number of ketones is 1. The molecule has 118 valence electrons. The molecule has 23 heavy (non-hydrogen) atoms. The second-order valence-corrected chi connectivity index (χ2v) is 4.88. The van der Waals surface area contributed by atoms with Gasteiger partial charge in [-0.1, -0.05) is 42.5 Å². The average Bonchev–Trinajstić information content (AvgIpc) is 2.59. The summed E-state index contributed by atoms with van der Waals surface area (Å²) in [6.07, 6.45) is 6.18. The van der Waals surface area contributed by atoms with E-state index < -0.39 is 6.67 Å². The molecule has 0 fully saturated rings. The molecule has 0 atom stereocenters. The quantitative estimate of drug-likeness (QED) is 0.814. The summed E-state index contributed by atoms with van der Waals surface area (Å²) in [6, 6.07) is 11.7. The maximum Gasteiger partial charge on any atom is 0.178 e. The summed E-state index contributed by atoms with van der Waals surface area (Å²) in [4.78, 5) is 11.8. The van der Waals surface area contributed by atoms with E-state index in [9.17, 15) is 14.3 Å². The Morgan fingerprint density at radius 1 is 1.09 bits per heavy atom. The molecule has 0 aliphatic heterocycles. The predicted molar refractivity (Wildman–Crippen MR) is 89.0 cm³/mol. The highest BCUT2D eigenvalue weighted by molar-refractivity contribution is 6.04. The van der Waals surface area contributed by atoms with Crippen molar-refractivity contribution in [2.75, 3.05) is 7.11 Å². The molecule has 0 amide bonds. The normalized spacial score (nSPS) is 11.2. The molecule has 0 aliphatic carbocycles. The molecule has 0 radical (unpaired) electrons. The van der Waals surface area contributed by atoms with E-state index in [2.05, 4.69) is 0 Å². The molecule has 2 aromatic rings. The number of allylic oxidation sites excluding steroid dienone is 2. The highest BCUT2D eigenvalue weighted by Crippen LogP contribution is 2.26. The van der Waals surface area contributed by atoms with Gasteiger partial charge in [0, 0.05) is 0 Å². The fourth-order valence-corrected chi connectivity index (χ4v) is 1.93. The summed E-state index contributed by atoms with van der Waals surface area (Å²) in [7, 11) is 1.46. The largest absolute Gasteiger partial charge is 0.504 e. The lowest BCUT2D eigenvalue weighted by molar-refractivity contribution is -0.110. The Hall–Kier alpha value is -2.88. The van der Waals surface area contributed by atoms with Crippen LogP contribution in [0.2, 0.25) is 0 Å². The first-order valence-corrected chi connectivity index (χ1v) is 7.04. The Balaban J connectivity index is 2.01. The number of ether oxygens (including phenoxy) is 1. The van der Waals surface area contributed by atoms with Gasteiger partial charge in [0.25, 0.3) is 0 Å². The Labute approximate surface area is 134 Å². The molecule has 0 bridgehead atoms. The van der Waals surface area contributed by atoms with Crippen LogP contribution < -0.4 is 4.74 Å². The minimum atomic E-state index is -0.498. The molecule has 0 heterocycles. The van der Waals surface area contributed by atoms with Gasteiger partial charge >= 0.3 is 0 Å². The van der Waals surface area contributed by atoms with E-state index in [-0.39, 0.29) is 11.5 Å². The maximum atomic E-state index is 12.4. The van der Waals surface area contributed by atoms with E-state index in [1.807, 2.05) is 0 Å². The van der Waals surface area contributed by atoms with Crippen molar-refractivity contribution in [3.05, 3.63) is 71.3 Å². The minimum Gasteiger partial charge on any atom is -0.504 e. The van der Waals surface area contributed by atoms with E-state index in [1.165, 1.54) is 25.3 Å². The number of carbonyl (C=O) groups excluding carboxylic acids is 1. The number of carbonyl (C=O) groups is 1. The molecule has 2 rings (SSSR count). The molecule has 0 saturated carbocycles. The first kappa shape index (κ1) is 16.5. The first-order valence-electron chi connectivity index (χ1n) is 7.04. The standard InChI is InChI=1S/C19H17FO3/c1-23-19-12-15(8-11-18(19)22)7-10-17(21)9-6-14-2-4-16(13-20)5-3-14/h2-12,22H,13H2,1H3/b9-6+,10-7+. The zero-order valence-electron chi connectivity index (χ0n) is 12.7. The average molecular weight is 312 g/mol. The van der Waals surface area contributed by atoms with Crippen LogP contribution in [0, 0.1) is 0 Å². The second-order valence-electron chi connectivity index (χ2n) is 4.88. The van der Waals surface area contributed by atoms with Crippen molar-refractivity contribution in [1.29, 1.82) is 0 Å². The summed E-state index contributed by atoms with van der Waals surface area (Å²) in [5, 5.41) is 9.51. The monoisotopic (exact) mass is 312 g/mol. The van der Waals surface area contributed by atoms with E-state index in [4.69, 9.17) is 4.74 Å². The topological polar surface area (TPSA) is 46.5 Å². The number of phenols is 1. The van der Waals surface area contributed by atoms with Crippen LogP contribution in [0.1, 0.15) is 16.7 Å². The van der Waals surface area contributed by atoms with E-state index >= 15 is 0 Å². The Morgan fingerprint density at radius 2 is 1.70 bits per heavy atom. The highest BCUT2D eigenvalue weighted by atomic mass is 19.1. The third-order valence-electron chi connectivity index (χ3n) is 3.22. The molecule has 0 unspecified atom stereocenters. The smallest absolute Gasteiger partial charge is 0.178 e. The zero-order chi connectivity index (χ0) is 16.7. The Kier molecular flexibility index (Phi) is 5.69. The van der Waals surface area contributed by atoms with Crippen molar-refractivity contribution < 1.29 is 19.0 Å². The van der Waals surface area contributed by atoms with E-state index in [0.29, 0.717) is 11.3 Å². The molecular weight excluding hydrogens is 295 g/mol. The summed E-state index contributed by atoms with van der Waals surface area (Å²) < 4.78 is 17.4. The van der Waals surface area contributed by atoms with Crippen LogP contribution in [0.15, 0.2) is 54.6 Å². The SMILES string of the molecule is COc1cc(/C=C/C(=O)/C=C/c2ccc(CF)cc2)ccc1O. The maximum absolute atomic E-state index is 12.4. The zero-order valence-corrected chi connectivity index (χ0v) is 12.7. The van der Waals surface area contributed by atoms with Crippen LogP contribution in [-0.2, 0) is 11.5 Å². The third-order valence-corrected chi connectivity index (χ3v) is 3.22. The summed E-state index contributed by atoms with van der Waals surface area (Å²) >= 11 is 0. The van der Waals surface area contributed by atoms with Crippen LogP contribution >= 0.6 is 0 Å². The lowest BCUT2D eigenvalue weighted by Gasteiger charge is -2.03. The van der Waals surface area contributed by atoms with Gasteiger partial charge in [0.1, 0.15) is 6.67 Å². The summed E-state index contributed by atoms with van der Waals surface area (Å²) in [5.41, 5.74) is 2.18. The Bertz CT molecular complexity index is 731. The molecule has 0 saturated heterocycles. The lowest BCUT2D eigenvalue weighted by Crippen LogP contribution is -1.87. The highest BCUT2D eigenvalue weighted by Gasteiger charge is 2.00. The fourth-order valence-electron chi connectivity index (χ4n) is 1.93. The molecule has 0 aliphatic rings. The number of aromatic hydroxyl groups is 1. The molecule has 2 aromatic carbocycles. The number of halogens is 1. The van der Waals surface area contributed by atoms with Crippen molar-refractivity contribution in [2.45, 2.75) is 6.67 Å². The van der Waals surface area contributed by atoms with Crippen molar-refractivity contribution in [3.8, 4) is 11.5 Å². The number of alkyl halides is 1. The third kappa shape index (κ3) is 4.81. The van der Waals surface area contributed by atoms with Gasteiger partial charge in [0.15, 0.2) is 17.3 Å². The fraction of sp³-hybridized carbons (Fsp3) is 0.105. The van der Waals surface area contributed by atoms with Gasteiger partial charge in [-0.25, -0.2) is 4.39 Å². The van der Waals surface area contributed by atoms with Gasteiger partial charge in [-0.05, 0) is 41.0 Å². The second kappa shape index (κ2) is 7.94. The van der Waals surface area contributed by atoms with Crippen molar-refractivity contribution in [3.63, 3.8) is 0 Å². The van der Waals surface area contributed by atoms with Gasteiger partial charge < -0.3 is 9.84 Å². The van der Waals surface area contributed by atoms with Crippen molar-refractivity contribution >= 4 is 17.9 Å². The molecule has 0 aromatic heterocycles. The van der Waals surface area contributed by atoms with Crippen LogP contribution in [0.5, 0.6) is 11.5 Å². The van der Waals surface area contributed by atoms with Crippen LogP contribution in [0.3, 0.4) is 0 Å². The van der Waals surface area contributed by atoms with Crippen molar-refractivity contribution in [1.82, 2.24) is 0 Å². The van der Waals surface area contributed by atoms with Gasteiger partial charge in [0.2, 0.25) is 0 Å². The number of benzene rings is 2. The van der Waals surface area contributed by atoms with Crippen LogP contribution in [-0.4, -0.2) is 18.0 Å². The minimum absolute atomic E-state index is 0.0487. The van der Waals surface area contributed by atoms with Gasteiger partial charge in [-0.2, -0.15) is 0 Å². The molecule has 4 heteroatoms. The van der Waals surface area contributed by atoms with Gasteiger partial charge in [-0.15, -0.1) is 0 Å². The number of phenolic OH excluding ortho intramolecular Hbond substituents is 1. The molecular formula is C19H17FO3. The van der Waals surface area contributed by atoms with Crippen LogP contribution in [0.25, 0.3) is 12.2 Å².